The van der Waals surface area contributed by atoms with Gasteiger partial charge in [-0.2, -0.15) is 0 Å². The van der Waals surface area contributed by atoms with E-state index in [1.165, 1.54) is 6.26 Å². The van der Waals surface area contributed by atoms with Crippen LogP contribution in [-0.2, 0) is 19.5 Å². The summed E-state index contributed by atoms with van der Waals surface area (Å²) in [5, 5.41) is 1.12. The highest BCUT2D eigenvalue weighted by atomic mass is 35.5. The monoisotopic (exact) mass is 376 g/mol. The van der Waals surface area contributed by atoms with Crippen molar-refractivity contribution in [3.05, 3.63) is 61.7 Å². The van der Waals surface area contributed by atoms with E-state index < -0.39 is 0 Å². The van der Waals surface area contributed by atoms with E-state index in [9.17, 15) is 4.79 Å². The molecule has 0 aliphatic carbocycles. The molecule has 0 atom stereocenters. The number of anilines is 1. The van der Waals surface area contributed by atoms with Gasteiger partial charge in [0, 0.05) is 48.4 Å². The summed E-state index contributed by atoms with van der Waals surface area (Å²) < 4.78 is 5.58. The Bertz CT molecular complexity index is 1040. The molecular formula is C17H14Cl2N4O2. The van der Waals surface area contributed by atoms with Crippen LogP contribution in [-0.4, -0.2) is 21.4 Å². The van der Waals surface area contributed by atoms with Crippen molar-refractivity contribution in [3.63, 3.8) is 0 Å². The van der Waals surface area contributed by atoms with Crippen molar-refractivity contribution in [1.82, 2.24) is 14.9 Å². The fraction of sp³-hybridized carbons (Fsp3) is 0.235. The number of hydrogen-bond donors (Lipinski definition) is 1. The highest BCUT2D eigenvalue weighted by Crippen LogP contribution is 2.27. The maximum absolute atomic E-state index is 12.8. The largest absolute Gasteiger partial charge is 0.462 e. The number of fused-ring (bicyclic) bond motifs is 2. The summed E-state index contributed by atoms with van der Waals surface area (Å²) in [7, 11) is 0. The van der Waals surface area contributed by atoms with Crippen molar-refractivity contribution >= 4 is 40.1 Å². The number of halogens is 2. The zero-order valence-electron chi connectivity index (χ0n) is 13.1. The van der Waals surface area contributed by atoms with Gasteiger partial charge in [-0.15, -0.1) is 0 Å². The van der Waals surface area contributed by atoms with Crippen LogP contribution in [0.1, 0.15) is 16.8 Å². The van der Waals surface area contributed by atoms with Crippen molar-refractivity contribution in [3.8, 4) is 0 Å². The van der Waals surface area contributed by atoms with Crippen molar-refractivity contribution in [1.29, 1.82) is 0 Å². The van der Waals surface area contributed by atoms with Crippen molar-refractivity contribution < 1.29 is 4.42 Å². The van der Waals surface area contributed by atoms with Crippen molar-refractivity contribution in [2.24, 2.45) is 0 Å². The first-order chi connectivity index (χ1) is 12.0. The summed E-state index contributed by atoms with van der Waals surface area (Å²) >= 11 is 12.1. The molecule has 1 aliphatic heterocycles. The van der Waals surface area contributed by atoms with E-state index in [2.05, 4.69) is 14.9 Å². The lowest BCUT2D eigenvalue weighted by Gasteiger charge is -2.27. The number of nitrogen functional groups attached to an aromatic ring is 1. The Morgan fingerprint density at radius 2 is 2.16 bits per heavy atom. The van der Waals surface area contributed by atoms with Gasteiger partial charge in [-0.3, -0.25) is 9.69 Å². The molecule has 0 fully saturated rings. The Morgan fingerprint density at radius 3 is 3.00 bits per heavy atom. The van der Waals surface area contributed by atoms with E-state index >= 15 is 0 Å². The highest BCUT2D eigenvalue weighted by molar-refractivity contribution is 6.38. The van der Waals surface area contributed by atoms with Crippen LogP contribution >= 0.6 is 23.2 Å². The second-order valence-corrected chi connectivity index (χ2v) is 6.86. The SMILES string of the molecule is Nc1ncc2c(n1)CCN(Cc1coc3c(Cl)cc(Cl)cc3c1=O)C2. The van der Waals surface area contributed by atoms with Gasteiger partial charge in [0.25, 0.3) is 0 Å². The summed E-state index contributed by atoms with van der Waals surface area (Å²) in [6.45, 7) is 1.90. The van der Waals surface area contributed by atoms with Gasteiger partial charge in [-0.1, -0.05) is 23.2 Å². The zero-order chi connectivity index (χ0) is 17.6. The molecule has 3 heterocycles. The lowest BCUT2D eigenvalue weighted by molar-refractivity contribution is 0.240. The van der Waals surface area contributed by atoms with Crippen LogP contribution in [0.4, 0.5) is 5.95 Å². The molecule has 0 saturated heterocycles. The third kappa shape index (κ3) is 3.08. The molecule has 128 valence electrons. The van der Waals surface area contributed by atoms with Gasteiger partial charge in [0.1, 0.15) is 0 Å². The quantitative estimate of drug-likeness (QED) is 0.739. The Labute approximate surface area is 153 Å². The minimum atomic E-state index is -0.120. The van der Waals surface area contributed by atoms with Gasteiger partial charge in [0.15, 0.2) is 11.0 Å². The molecule has 0 amide bonds. The minimum Gasteiger partial charge on any atom is -0.462 e. The van der Waals surface area contributed by atoms with Crippen molar-refractivity contribution in [2.45, 2.75) is 19.5 Å². The van der Waals surface area contributed by atoms with Crippen molar-refractivity contribution in [2.75, 3.05) is 12.3 Å². The molecule has 3 aromatic rings. The van der Waals surface area contributed by atoms with Crippen LogP contribution in [0.25, 0.3) is 11.0 Å². The number of rotatable bonds is 2. The van der Waals surface area contributed by atoms with Crippen LogP contribution in [0.3, 0.4) is 0 Å². The average molecular weight is 377 g/mol. The second-order valence-electron chi connectivity index (χ2n) is 6.02. The van der Waals surface area contributed by atoms with E-state index in [1.54, 1.807) is 18.3 Å². The summed E-state index contributed by atoms with van der Waals surface area (Å²) in [4.78, 5) is 23.2. The van der Waals surface area contributed by atoms with Crippen LogP contribution in [0, 0.1) is 0 Å². The third-order valence-electron chi connectivity index (χ3n) is 4.29. The van der Waals surface area contributed by atoms with Gasteiger partial charge in [-0.25, -0.2) is 9.97 Å². The maximum Gasteiger partial charge on any atom is 0.220 e. The molecule has 6 nitrogen and oxygen atoms in total. The maximum atomic E-state index is 12.8. The molecular weight excluding hydrogens is 363 g/mol. The smallest absolute Gasteiger partial charge is 0.220 e. The second kappa shape index (κ2) is 6.29. The number of hydrogen-bond acceptors (Lipinski definition) is 6. The fourth-order valence-electron chi connectivity index (χ4n) is 3.08. The first-order valence-electron chi connectivity index (χ1n) is 7.73. The number of nitrogens with zero attached hydrogens (tertiary/aromatic N) is 3. The van der Waals surface area contributed by atoms with E-state index in [0.29, 0.717) is 39.7 Å². The zero-order valence-corrected chi connectivity index (χ0v) is 14.6. The molecule has 4 rings (SSSR count). The summed E-state index contributed by atoms with van der Waals surface area (Å²) in [6, 6.07) is 3.14. The van der Waals surface area contributed by atoms with Crippen LogP contribution in [0.15, 0.2) is 33.8 Å². The average Bonchev–Trinajstić information content (AvgIpc) is 2.58. The van der Waals surface area contributed by atoms with E-state index in [4.69, 9.17) is 33.4 Å². The van der Waals surface area contributed by atoms with E-state index in [0.717, 1.165) is 24.2 Å². The predicted octanol–water partition coefficient (Wildman–Crippen LogP) is 3.03. The van der Waals surface area contributed by atoms with Crippen LogP contribution in [0.2, 0.25) is 10.0 Å². The molecule has 0 spiro atoms. The van der Waals surface area contributed by atoms with Gasteiger partial charge < -0.3 is 10.2 Å². The summed E-state index contributed by atoms with van der Waals surface area (Å²) in [5.74, 6) is 0.288. The number of nitrogens with two attached hydrogens (primary N) is 1. The first kappa shape index (κ1) is 16.3. The number of aromatic nitrogens is 2. The van der Waals surface area contributed by atoms with Crippen LogP contribution in [0.5, 0.6) is 0 Å². The van der Waals surface area contributed by atoms with E-state index in [-0.39, 0.29) is 11.4 Å². The predicted molar refractivity (Wildman–Crippen MR) is 96.8 cm³/mol. The lowest BCUT2D eigenvalue weighted by atomic mass is 10.1. The molecule has 1 aromatic carbocycles. The molecule has 0 unspecified atom stereocenters. The molecule has 8 heteroatoms. The van der Waals surface area contributed by atoms with Gasteiger partial charge in [0.05, 0.1) is 22.4 Å². The molecule has 25 heavy (non-hydrogen) atoms. The molecule has 0 radical (unpaired) electrons. The van der Waals surface area contributed by atoms with Gasteiger partial charge in [-0.05, 0) is 12.1 Å². The normalized spacial score (nSPS) is 14.6. The van der Waals surface area contributed by atoms with Crippen LogP contribution < -0.4 is 11.2 Å². The Balaban J connectivity index is 1.64. The summed E-state index contributed by atoms with van der Waals surface area (Å²) in [5.41, 5.74) is 8.41. The topological polar surface area (TPSA) is 85.2 Å². The lowest BCUT2D eigenvalue weighted by Crippen LogP contribution is -2.32. The Morgan fingerprint density at radius 1 is 1.32 bits per heavy atom. The first-order valence-corrected chi connectivity index (χ1v) is 8.49. The molecule has 0 bridgehead atoms. The number of benzene rings is 1. The molecule has 2 N–H and O–H groups in total. The minimum absolute atomic E-state index is 0.120. The summed E-state index contributed by atoms with van der Waals surface area (Å²) in [6.07, 6.45) is 3.98. The Kier molecular flexibility index (Phi) is 4.11. The third-order valence-corrected chi connectivity index (χ3v) is 4.79. The molecule has 0 saturated carbocycles. The fourth-order valence-corrected chi connectivity index (χ4v) is 3.62. The molecule has 2 aromatic heterocycles. The van der Waals surface area contributed by atoms with Gasteiger partial charge >= 0.3 is 0 Å². The Hall–Kier alpha value is -2.15. The van der Waals surface area contributed by atoms with E-state index in [1.807, 2.05) is 0 Å². The van der Waals surface area contributed by atoms with Gasteiger partial charge in [0.2, 0.25) is 5.95 Å². The highest BCUT2D eigenvalue weighted by Gasteiger charge is 2.20. The standard InChI is InChI=1S/C17H14Cl2N4O2/c18-11-3-12-15(24)10(8-25-16(12)13(19)4-11)7-23-2-1-14-9(6-23)5-21-17(20)22-14/h3-5,8H,1-2,6-7H2,(H2,20,21,22). The molecule has 1 aliphatic rings.